The van der Waals surface area contributed by atoms with Crippen LogP contribution in [0.3, 0.4) is 0 Å². The van der Waals surface area contributed by atoms with Crippen LogP contribution in [0.2, 0.25) is 0 Å². The predicted octanol–water partition coefficient (Wildman–Crippen LogP) is 1.21. The topological polar surface area (TPSA) is 70.0 Å². The van der Waals surface area contributed by atoms with Crippen LogP contribution in [0, 0.1) is 0 Å². The Morgan fingerprint density at radius 3 is 2.15 bits per heavy atom. The Hall–Kier alpha value is -0.910. The normalized spacial score (nSPS) is 8.69. The Kier molecular flexibility index (Phi) is 12.5. The quantitative estimate of drug-likeness (QED) is 0.397. The van der Waals surface area contributed by atoms with Crippen molar-refractivity contribution in [3.05, 3.63) is 12.7 Å². The maximum atomic E-state index is 10.1. The third-order valence-corrected chi connectivity index (χ3v) is 0.877. The van der Waals surface area contributed by atoms with Gasteiger partial charge in [-0.15, -0.1) is 0 Å². The molecular weight excluding hydrogens is 174 g/mol. The number of hydroxylamine groups is 2. The average Bonchev–Trinajstić information content (AvgIpc) is 2.05. The lowest BCUT2D eigenvalue weighted by molar-refractivity contribution is -0.306. The molecule has 0 saturated carbocycles. The van der Waals surface area contributed by atoms with Gasteiger partial charge >= 0.3 is 5.97 Å². The van der Waals surface area contributed by atoms with Gasteiger partial charge in [0.05, 0.1) is 13.2 Å². The molecule has 0 rings (SSSR count). The van der Waals surface area contributed by atoms with Crippen LogP contribution in [0.4, 0.5) is 0 Å². The monoisotopic (exact) mass is 191 g/mol. The minimum atomic E-state index is -0.359. The first-order valence-electron chi connectivity index (χ1n) is 4.02. The van der Waals surface area contributed by atoms with Crippen molar-refractivity contribution >= 4 is 5.97 Å². The zero-order chi connectivity index (χ0) is 10.7. The number of ether oxygens (including phenoxy) is 1. The van der Waals surface area contributed by atoms with Gasteiger partial charge in [0, 0.05) is 6.08 Å². The summed E-state index contributed by atoms with van der Waals surface area (Å²) in [6.07, 6.45) is 1.90. The highest BCUT2D eigenvalue weighted by Gasteiger charge is 1.86. The summed E-state index contributed by atoms with van der Waals surface area (Å²) in [6.45, 7) is 7.56. The van der Waals surface area contributed by atoms with Gasteiger partial charge in [-0.3, -0.25) is 10.4 Å². The number of rotatable bonds is 4. The van der Waals surface area contributed by atoms with Crippen molar-refractivity contribution in [2.45, 2.75) is 20.3 Å². The van der Waals surface area contributed by atoms with Gasteiger partial charge < -0.3 is 4.74 Å². The first-order valence-corrected chi connectivity index (χ1v) is 4.02. The van der Waals surface area contributed by atoms with E-state index in [4.69, 9.17) is 10.4 Å². The van der Waals surface area contributed by atoms with E-state index in [-0.39, 0.29) is 11.2 Å². The van der Waals surface area contributed by atoms with E-state index in [1.807, 2.05) is 6.92 Å². The minimum Gasteiger partial charge on any atom is -0.463 e. The third kappa shape index (κ3) is 18.2. The van der Waals surface area contributed by atoms with E-state index < -0.39 is 0 Å². The first kappa shape index (κ1) is 14.6. The summed E-state index contributed by atoms with van der Waals surface area (Å²) in [5.41, 5.74) is 0. The first-order chi connectivity index (χ1) is 6.08. The van der Waals surface area contributed by atoms with Gasteiger partial charge in [0.2, 0.25) is 0 Å². The van der Waals surface area contributed by atoms with Crippen LogP contribution in [0.25, 0.3) is 0 Å². The highest BCUT2D eigenvalue weighted by atomic mass is 16.8. The van der Waals surface area contributed by atoms with Crippen molar-refractivity contribution in [3.8, 4) is 0 Å². The molecule has 0 aromatic carbocycles. The summed E-state index contributed by atoms with van der Waals surface area (Å²) in [4.78, 5) is 10.1. The Bertz CT molecular complexity index is 136. The van der Waals surface area contributed by atoms with Gasteiger partial charge in [-0.05, 0) is 13.3 Å². The molecule has 0 atom stereocenters. The SMILES string of the molecule is C=CC(=O)OCC.CCCN(O)O. The lowest BCUT2D eigenvalue weighted by Crippen LogP contribution is -2.13. The number of carbonyl (C=O) groups is 1. The van der Waals surface area contributed by atoms with Crippen LogP contribution >= 0.6 is 0 Å². The van der Waals surface area contributed by atoms with Gasteiger partial charge in [-0.1, -0.05) is 18.7 Å². The van der Waals surface area contributed by atoms with E-state index in [0.29, 0.717) is 13.2 Å². The van der Waals surface area contributed by atoms with E-state index in [1.165, 1.54) is 0 Å². The van der Waals surface area contributed by atoms with Crippen molar-refractivity contribution in [1.82, 2.24) is 5.23 Å². The molecule has 13 heavy (non-hydrogen) atoms. The van der Waals surface area contributed by atoms with Gasteiger partial charge in [-0.25, -0.2) is 4.79 Å². The molecule has 0 amide bonds. The van der Waals surface area contributed by atoms with Crippen molar-refractivity contribution < 1.29 is 19.9 Å². The summed E-state index contributed by atoms with van der Waals surface area (Å²) in [5, 5.41) is 16.1. The minimum absolute atomic E-state index is 0.181. The molecule has 0 aliphatic rings. The summed E-state index contributed by atoms with van der Waals surface area (Å²) in [5.74, 6) is -0.359. The molecular formula is C8H17NO4. The number of nitrogens with zero attached hydrogens (tertiary/aromatic N) is 1. The maximum Gasteiger partial charge on any atom is 0.330 e. The predicted molar refractivity (Wildman–Crippen MR) is 47.4 cm³/mol. The van der Waals surface area contributed by atoms with Crippen LogP contribution in [0.5, 0.6) is 0 Å². The highest BCUT2D eigenvalue weighted by Crippen LogP contribution is 1.75. The summed E-state index contributed by atoms with van der Waals surface area (Å²) in [6, 6.07) is 0. The second kappa shape index (κ2) is 11.1. The molecule has 0 radical (unpaired) electrons. The summed E-state index contributed by atoms with van der Waals surface area (Å²) in [7, 11) is 0. The van der Waals surface area contributed by atoms with Crippen LogP contribution in [-0.4, -0.2) is 34.8 Å². The Balaban J connectivity index is 0. The fraction of sp³-hybridized carbons (Fsp3) is 0.625. The molecule has 78 valence electrons. The van der Waals surface area contributed by atoms with Crippen LogP contribution in [0.1, 0.15) is 20.3 Å². The molecule has 5 nitrogen and oxygen atoms in total. The standard InChI is InChI=1S/C5H8O2.C3H9NO2/c1-3-5(6)7-4-2;1-2-3-4(5)6/h3H,1,4H2,2H3;5-6H,2-3H2,1H3. The van der Waals surface area contributed by atoms with Crippen LogP contribution in [0.15, 0.2) is 12.7 Å². The Labute approximate surface area is 78.1 Å². The smallest absolute Gasteiger partial charge is 0.330 e. The van der Waals surface area contributed by atoms with Crippen molar-refractivity contribution in [2.24, 2.45) is 0 Å². The lowest BCUT2D eigenvalue weighted by Gasteiger charge is -1.99. The molecule has 0 spiro atoms. The summed E-state index contributed by atoms with van der Waals surface area (Å²) < 4.78 is 4.43. The largest absolute Gasteiger partial charge is 0.463 e. The lowest BCUT2D eigenvalue weighted by atomic mass is 10.5. The number of carbonyl (C=O) groups excluding carboxylic acids is 1. The maximum absolute atomic E-state index is 10.1. The molecule has 5 heteroatoms. The zero-order valence-corrected chi connectivity index (χ0v) is 8.06. The summed E-state index contributed by atoms with van der Waals surface area (Å²) >= 11 is 0. The molecule has 0 fully saturated rings. The van der Waals surface area contributed by atoms with E-state index >= 15 is 0 Å². The van der Waals surface area contributed by atoms with Gasteiger partial charge in [0.1, 0.15) is 0 Å². The van der Waals surface area contributed by atoms with E-state index in [9.17, 15) is 4.79 Å². The second-order valence-corrected chi connectivity index (χ2v) is 2.05. The van der Waals surface area contributed by atoms with E-state index in [1.54, 1.807) is 6.92 Å². The molecule has 0 bridgehead atoms. The molecule has 2 N–H and O–H groups in total. The van der Waals surface area contributed by atoms with Crippen molar-refractivity contribution in [1.29, 1.82) is 0 Å². The second-order valence-electron chi connectivity index (χ2n) is 2.05. The van der Waals surface area contributed by atoms with Crippen molar-refractivity contribution in [2.75, 3.05) is 13.2 Å². The fourth-order valence-electron chi connectivity index (χ4n) is 0.401. The molecule has 0 unspecified atom stereocenters. The molecule has 0 saturated heterocycles. The van der Waals surface area contributed by atoms with E-state index in [2.05, 4.69) is 11.3 Å². The zero-order valence-electron chi connectivity index (χ0n) is 8.06. The molecule has 0 aromatic heterocycles. The number of esters is 1. The Morgan fingerprint density at radius 1 is 1.54 bits per heavy atom. The molecule has 0 aromatic rings. The molecule has 0 aliphatic heterocycles. The molecule has 0 aliphatic carbocycles. The van der Waals surface area contributed by atoms with Gasteiger partial charge in [0.15, 0.2) is 0 Å². The van der Waals surface area contributed by atoms with Crippen LogP contribution < -0.4 is 0 Å². The third-order valence-electron chi connectivity index (χ3n) is 0.877. The Morgan fingerprint density at radius 2 is 2.08 bits per heavy atom. The van der Waals surface area contributed by atoms with Gasteiger partial charge in [-0.2, -0.15) is 0 Å². The fourth-order valence-corrected chi connectivity index (χ4v) is 0.401. The van der Waals surface area contributed by atoms with Crippen molar-refractivity contribution in [3.63, 3.8) is 0 Å². The van der Waals surface area contributed by atoms with Crippen LogP contribution in [-0.2, 0) is 9.53 Å². The number of hydrogen-bond acceptors (Lipinski definition) is 5. The van der Waals surface area contributed by atoms with Gasteiger partial charge in [0.25, 0.3) is 0 Å². The average molecular weight is 191 g/mol. The van der Waals surface area contributed by atoms with E-state index in [0.717, 1.165) is 12.5 Å². The highest BCUT2D eigenvalue weighted by molar-refractivity contribution is 5.81. The molecule has 0 heterocycles. The number of hydrogen-bond donors (Lipinski definition) is 2.